The van der Waals surface area contributed by atoms with Crippen LogP contribution in [-0.2, 0) is 0 Å². The van der Waals surface area contributed by atoms with Crippen LogP contribution in [0.2, 0.25) is 0 Å². The number of halogens is 8. The smallest absolute Gasteiger partial charge is 0.170 e. The molecule has 0 bridgehead atoms. The third kappa shape index (κ3) is 5.45. The summed E-state index contributed by atoms with van der Waals surface area (Å²) >= 11 is 0. The van der Waals surface area contributed by atoms with Crippen molar-refractivity contribution in [3.8, 4) is 11.1 Å². The molecule has 0 fully saturated rings. The topological polar surface area (TPSA) is 25.8 Å². The Bertz CT molecular complexity index is 1170. The zero-order valence-corrected chi connectivity index (χ0v) is 16.8. The minimum Gasteiger partial charge on any atom is -0.265 e. The molecule has 0 radical (unpaired) electrons. The Kier molecular flexibility index (Phi) is 7.72. The van der Waals surface area contributed by atoms with Crippen molar-refractivity contribution in [2.24, 2.45) is 0 Å². The summed E-state index contributed by atoms with van der Waals surface area (Å²) in [5, 5.41) is 0. The average Bonchev–Trinajstić information content (AvgIpc) is 2.84. The highest BCUT2D eigenvalue weighted by Crippen LogP contribution is 2.35. The lowest BCUT2D eigenvalue weighted by Gasteiger charge is -2.10. The van der Waals surface area contributed by atoms with Gasteiger partial charge in [-0.05, 0) is 35.4 Å². The normalized spacial score (nSPS) is 10.8. The van der Waals surface area contributed by atoms with E-state index in [4.69, 9.17) is 0 Å². The zero-order valence-electron chi connectivity index (χ0n) is 16.8. The molecule has 2 heterocycles. The van der Waals surface area contributed by atoms with Gasteiger partial charge in [0.15, 0.2) is 46.5 Å². The van der Waals surface area contributed by atoms with Crippen molar-refractivity contribution >= 4 is 12.2 Å². The maximum absolute atomic E-state index is 13.4. The first kappa shape index (κ1) is 24.6. The molecule has 0 saturated heterocycles. The van der Waals surface area contributed by atoms with Crippen LogP contribution in [0, 0.1) is 46.5 Å². The molecule has 34 heavy (non-hydrogen) atoms. The summed E-state index contributed by atoms with van der Waals surface area (Å²) in [5.74, 6) is -16.6. The Morgan fingerprint density at radius 3 is 0.971 bits per heavy atom. The molecule has 2 aromatic heterocycles. The minimum absolute atomic E-state index is 0.209. The Hall–Kier alpha value is -4.08. The number of aromatic nitrogens is 2. The molecule has 0 aliphatic carbocycles. The van der Waals surface area contributed by atoms with Crippen LogP contribution < -0.4 is 0 Å². The van der Waals surface area contributed by atoms with Crippen molar-refractivity contribution in [3.63, 3.8) is 0 Å². The molecule has 2 nitrogen and oxygen atoms in total. The molecule has 0 spiro atoms. The third-order valence-electron chi connectivity index (χ3n) is 4.35. The summed E-state index contributed by atoms with van der Waals surface area (Å²) in [5.41, 5.74) is -1.43. The molecule has 4 aromatic rings. The van der Waals surface area contributed by atoms with Crippen LogP contribution in [0.4, 0.5) is 35.1 Å². The van der Waals surface area contributed by atoms with Gasteiger partial charge in [-0.3, -0.25) is 9.97 Å². The van der Waals surface area contributed by atoms with Crippen molar-refractivity contribution in [2.45, 2.75) is 0 Å². The fraction of sp³-hybridized carbons (Fsp3) is 0. The summed E-state index contributed by atoms with van der Waals surface area (Å²) in [6.07, 6.45) is 11.2. The lowest BCUT2D eigenvalue weighted by molar-refractivity contribution is 0.441. The highest BCUT2D eigenvalue weighted by molar-refractivity contribution is 5.69. The lowest BCUT2D eigenvalue weighted by Crippen LogP contribution is -2.05. The summed E-state index contributed by atoms with van der Waals surface area (Å²) in [6, 6.07) is 7.46. The first-order valence-electron chi connectivity index (χ1n) is 9.35. The van der Waals surface area contributed by atoms with Crippen molar-refractivity contribution in [3.05, 3.63) is 119 Å². The molecule has 0 amide bonds. The van der Waals surface area contributed by atoms with Crippen molar-refractivity contribution in [1.29, 1.82) is 0 Å². The summed E-state index contributed by atoms with van der Waals surface area (Å²) in [4.78, 5) is 7.91. The van der Waals surface area contributed by atoms with Gasteiger partial charge in [0, 0.05) is 36.9 Å². The highest BCUT2D eigenvalue weighted by atomic mass is 19.2. The predicted molar refractivity (Wildman–Crippen MR) is 109 cm³/mol. The molecule has 174 valence electrons. The lowest BCUT2D eigenvalue weighted by atomic mass is 10.0. The largest absolute Gasteiger partial charge is 0.265 e. The van der Waals surface area contributed by atoms with E-state index in [-0.39, 0.29) is 12.1 Å². The molecule has 0 saturated carbocycles. The Balaban J connectivity index is 0.000000202. The highest BCUT2D eigenvalue weighted by Gasteiger charge is 2.29. The predicted octanol–water partition coefficient (Wildman–Crippen LogP) is 7.11. The molecule has 0 N–H and O–H groups in total. The minimum atomic E-state index is -2.17. The van der Waals surface area contributed by atoms with Gasteiger partial charge >= 0.3 is 0 Å². The number of nitrogens with zero attached hydrogens (tertiary/aromatic N) is 2. The Morgan fingerprint density at radius 2 is 0.706 bits per heavy atom. The first-order chi connectivity index (χ1) is 16.2. The Morgan fingerprint density at radius 1 is 0.441 bits per heavy atom. The molecule has 2 aromatic carbocycles. The van der Waals surface area contributed by atoms with Crippen molar-refractivity contribution in [2.75, 3.05) is 0 Å². The van der Waals surface area contributed by atoms with E-state index < -0.39 is 57.7 Å². The summed E-state index contributed by atoms with van der Waals surface area (Å²) < 4.78 is 105. The van der Waals surface area contributed by atoms with E-state index in [0.29, 0.717) is 0 Å². The van der Waals surface area contributed by atoms with Crippen molar-refractivity contribution in [1.82, 2.24) is 9.97 Å². The van der Waals surface area contributed by atoms with Gasteiger partial charge in [-0.1, -0.05) is 12.2 Å². The number of benzene rings is 2. The van der Waals surface area contributed by atoms with Gasteiger partial charge in [-0.2, -0.15) is 0 Å². The van der Waals surface area contributed by atoms with E-state index in [1.54, 1.807) is 24.8 Å². The van der Waals surface area contributed by atoms with Crippen LogP contribution in [0.3, 0.4) is 0 Å². The van der Waals surface area contributed by atoms with E-state index in [1.165, 1.54) is 0 Å². The van der Waals surface area contributed by atoms with Gasteiger partial charge in [0.05, 0.1) is 11.1 Å². The number of hydrogen-bond acceptors (Lipinski definition) is 2. The second-order valence-electron chi connectivity index (χ2n) is 6.58. The van der Waals surface area contributed by atoms with Crippen LogP contribution in [0.1, 0.15) is 11.1 Å². The van der Waals surface area contributed by atoms with E-state index >= 15 is 0 Å². The van der Waals surface area contributed by atoms with E-state index in [2.05, 4.69) is 22.1 Å². The molecular weight excluding hydrogens is 468 g/mol. The Labute approximate surface area is 187 Å². The summed E-state index contributed by atoms with van der Waals surface area (Å²) in [7, 11) is 0. The molecule has 0 atom stereocenters. The second kappa shape index (κ2) is 10.7. The molecule has 0 aliphatic heterocycles. The van der Waals surface area contributed by atoms with Gasteiger partial charge in [-0.15, -0.1) is 0 Å². The summed E-state index contributed by atoms with van der Waals surface area (Å²) in [6.45, 7) is 0. The maximum atomic E-state index is 13.4. The van der Waals surface area contributed by atoms with E-state index in [0.717, 1.165) is 11.1 Å². The fourth-order valence-corrected chi connectivity index (χ4v) is 2.73. The van der Waals surface area contributed by atoms with Gasteiger partial charge in [-0.25, -0.2) is 35.1 Å². The molecular formula is C24H12F8N2. The van der Waals surface area contributed by atoms with Crippen LogP contribution in [0.25, 0.3) is 23.3 Å². The SMILES string of the molecule is C(=C\c1ccncc1)/c1ccncc1.Fc1cc(F)c(F)c(-c2c(F)c(F)cc(F)c2F)c1F. The number of rotatable bonds is 3. The van der Waals surface area contributed by atoms with Gasteiger partial charge in [0.25, 0.3) is 0 Å². The van der Waals surface area contributed by atoms with Crippen LogP contribution in [0.15, 0.2) is 61.2 Å². The zero-order chi connectivity index (χ0) is 24.8. The van der Waals surface area contributed by atoms with E-state index in [9.17, 15) is 35.1 Å². The van der Waals surface area contributed by atoms with Crippen molar-refractivity contribution < 1.29 is 35.1 Å². The standard InChI is InChI=1S/C12H2F8.C12H10N2/c13-3-1-4(14)10(18)7(9(3)17)8-11(19)5(15)2-6(16)12(8)20;1(11-3-7-13-8-4-11)2-12-5-9-14-10-6-12/h1-2H;1-10H/b;2-1+. The second-order valence-corrected chi connectivity index (χ2v) is 6.58. The molecule has 0 unspecified atom stereocenters. The number of hydrogen-bond donors (Lipinski definition) is 0. The fourth-order valence-electron chi connectivity index (χ4n) is 2.73. The molecule has 10 heteroatoms. The molecule has 0 aliphatic rings. The number of pyridine rings is 2. The van der Waals surface area contributed by atoms with Crippen LogP contribution >= 0.6 is 0 Å². The maximum Gasteiger partial charge on any atom is 0.170 e. The third-order valence-corrected chi connectivity index (χ3v) is 4.35. The van der Waals surface area contributed by atoms with Gasteiger partial charge in [0.1, 0.15) is 0 Å². The van der Waals surface area contributed by atoms with E-state index in [1.807, 2.05) is 24.3 Å². The van der Waals surface area contributed by atoms with Gasteiger partial charge in [0.2, 0.25) is 0 Å². The quantitative estimate of drug-likeness (QED) is 0.231. The molecule has 4 rings (SSSR count). The average molecular weight is 480 g/mol. The van der Waals surface area contributed by atoms with Crippen LogP contribution in [0.5, 0.6) is 0 Å². The first-order valence-corrected chi connectivity index (χ1v) is 9.35. The van der Waals surface area contributed by atoms with Crippen LogP contribution in [-0.4, -0.2) is 9.97 Å². The van der Waals surface area contributed by atoms with Gasteiger partial charge < -0.3 is 0 Å². The monoisotopic (exact) mass is 480 g/mol.